The number of carbonyl (C=O) groups excluding carboxylic acids is 1. The zero-order valence-electron chi connectivity index (χ0n) is 13.4. The Hall–Kier alpha value is -1.07. The lowest BCUT2D eigenvalue weighted by atomic mass is 9.74. The largest absolute Gasteiger partial charge is 0.350 e. The highest BCUT2D eigenvalue weighted by molar-refractivity contribution is 7.98. The monoisotopic (exact) mass is 319 g/mol. The van der Waals surface area contributed by atoms with E-state index in [0.29, 0.717) is 11.6 Å². The van der Waals surface area contributed by atoms with E-state index < -0.39 is 0 Å². The molecule has 3 aliphatic heterocycles. The lowest BCUT2D eigenvalue weighted by Crippen LogP contribution is -2.56. The molecule has 3 saturated heterocycles. The minimum atomic E-state index is 0.00661. The molecule has 0 radical (unpaired) electrons. The number of thioether (sulfide) groups is 1. The van der Waals surface area contributed by atoms with Gasteiger partial charge < -0.3 is 5.32 Å². The van der Waals surface area contributed by atoms with Crippen LogP contribution in [-0.4, -0.2) is 47.7 Å². The van der Waals surface area contributed by atoms with Gasteiger partial charge in [-0.2, -0.15) is 0 Å². The van der Waals surface area contributed by atoms with Crippen LogP contribution in [0.3, 0.4) is 0 Å². The van der Waals surface area contributed by atoms with Gasteiger partial charge in [0.05, 0.1) is 5.56 Å². The second-order valence-corrected chi connectivity index (χ2v) is 7.17. The third kappa shape index (κ3) is 3.15. The quantitative estimate of drug-likeness (QED) is 0.848. The van der Waals surface area contributed by atoms with Gasteiger partial charge in [-0.1, -0.05) is 13.3 Å². The minimum Gasteiger partial charge on any atom is -0.350 e. The van der Waals surface area contributed by atoms with Crippen molar-refractivity contribution in [3.63, 3.8) is 0 Å². The number of hydrogen-bond donors (Lipinski definition) is 1. The molecule has 22 heavy (non-hydrogen) atoms. The summed E-state index contributed by atoms with van der Waals surface area (Å²) >= 11 is 1.52. The summed E-state index contributed by atoms with van der Waals surface area (Å²) in [7, 11) is 0. The van der Waals surface area contributed by atoms with Crippen LogP contribution in [0.25, 0.3) is 0 Å². The molecule has 1 aromatic rings. The van der Waals surface area contributed by atoms with Crippen molar-refractivity contribution >= 4 is 17.7 Å². The number of amides is 1. The highest BCUT2D eigenvalue weighted by Crippen LogP contribution is 2.37. The molecule has 0 aromatic carbocycles. The van der Waals surface area contributed by atoms with Gasteiger partial charge >= 0.3 is 0 Å². The van der Waals surface area contributed by atoms with E-state index in [2.05, 4.69) is 22.1 Å². The Morgan fingerprint density at radius 1 is 1.55 bits per heavy atom. The van der Waals surface area contributed by atoms with Crippen LogP contribution in [-0.2, 0) is 0 Å². The Morgan fingerprint density at radius 2 is 2.41 bits per heavy atom. The molecule has 4 heterocycles. The average molecular weight is 319 g/mol. The first-order valence-electron chi connectivity index (χ1n) is 8.24. The van der Waals surface area contributed by atoms with Crippen molar-refractivity contribution < 1.29 is 4.79 Å². The summed E-state index contributed by atoms with van der Waals surface area (Å²) in [5.41, 5.74) is 0.692. The molecule has 1 unspecified atom stereocenters. The summed E-state index contributed by atoms with van der Waals surface area (Å²) in [6.45, 7) is 5.47. The van der Waals surface area contributed by atoms with Gasteiger partial charge in [0.1, 0.15) is 5.03 Å². The molecule has 4 nitrogen and oxygen atoms in total. The molecule has 3 fully saturated rings. The van der Waals surface area contributed by atoms with Gasteiger partial charge in [-0.3, -0.25) is 9.69 Å². The smallest absolute Gasteiger partial charge is 0.254 e. The summed E-state index contributed by atoms with van der Waals surface area (Å²) in [6, 6.07) is 4.20. The van der Waals surface area contributed by atoms with Gasteiger partial charge in [0.15, 0.2) is 0 Å². The van der Waals surface area contributed by atoms with E-state index in [-0.39, 0.29) is 5.91 Å². The van der Waals surface area contributed by atoms with Crippen LogP contribution in [0.1, 0.15) is 36.5 Å². The molecule has 120 valence electrons. The van der Waals surface area contributed by atoms with E-state index in [1.807, 2.05) is 18.4 Å². The third-order valence-corrected chi connectivity index (χ3v) is 5.96. The predicted molar refractivity (Wildman–Crippen MR) is 90.2 cm³/mol. The number of pyridine rings is 1. The zero-order valence-corrected chi connectivity index (χ0v) is 14.2. The second-order valence-electron chi connectivity index (χ2n) is 6.37. The lowest BCUT2D eigenvalue weighted by molar-refractivity contribution is 0.000712. The van der Waals surface area contributed by atoms with E-state index in [1.165, 1.54) is 44.1 Å². The van der Waals surface area contributed by atoms with Gasteiger partial charge in [-0.05, 0) is 49.6 Å². The number of hydrogen-bond acceptors (Lipinski definition) is 4. The van der Waals surface area contributed by atoms with E-state index in [4.69, 9.17) is 0 Å². The fourth-order valence-corrected chi connectivity index (χ4v) is 4.50. The van der Waals surface area contributed by atoms with E-state index in [9.17, 15) is 4.79 Å². The molecule has 4 atom stereocenters. The topological polar surface area (TPSA) is 45.2 Å². The summed E-state index contributed by atoms with van der Waals surface area (Å²) in [5, 5.41) is 3.93. The van der Waals surface area contributed by atoms with E-state index in [1.54, 1.807) is 6.20 Å². The first-order chi connectivity index (χ1) is 10.7. The Morgan fingerprint density at radius 3 is 3.09 bits per heavy atom. The van der Waals surface area contributed by atoms with Crippen LogP contribution in [0.2, 0.25) is 0 Å². The maximum Gasteiger partial charge on any atom is 0.254 e. The highest BCUT2D eigenvalue weighted by atomic mass is 32.2. The van der Waals surface area contributed by atoms with E-state index in [0.717, 1.165) is 23.4 Å². The molecule has 0 aliphatic carbocycles. The fraction of sp³-hybridized carbons (Fsp3) is 0.647. The number of piperidine rings is 3. The molecule has 5 heteroatoms. The first-order valence-corrected chi connectivity index (χ1v) is 9.46. The van der Waals surface area contributed by atoms with Crippen LogP contribution in [0, 0.1) is 11.8 Å². The summed E-state index contributed by atoms with van der Waals surface area (Å²) in [6.07, 6.45) is 7.55. The minimum absolute atomic E-state index is 0.00661. The molecular formula is C17H25N3OS. The number of nitrogens with one attached hydrogen (secondary N) is 1. The Kier molecular flexibility index (Phi) is 5.03. The molecule has 1 amide bonds. The number of aromatic nitrogens is 1. The van der Waals surface area contributed by atoms with Crippen molar-refractivity contribution in [2.75, 3.05) is 25.9 Å². The number of carbonyl (C=O) groups is 1. The molecule has 2 bridgehead atoms. The van der Waals surface area contributed by atoms with Gasteiger partial charge in [0.2, 0.25) is 0 Å². The Balaban J connectivity index is 1.58. The number of rotatable bonds is 5. The zero-order chi connectivity index (χ0) is 15.5. The highest BCUT2D eigenvalue weighted by Gasteiger charge is 2.39. The second kappa shape index (κ2) is 7.01. The molecule has 4 rings (SSSR count). The van der Waals surface area contributed by atoms with Crippen molar-refractivity contribution in [2.24, 2.45) is 11.8 Å². The number of fused-ring (bicyclic) bond motifs is 3. The van der Waals surface area contributed by atoms with Gasteiger partial charge in [-0.15, -0.1) is 11.8 Å². The van der Waals surface area contributed by atoms with Crippen molar-refractivity contribution in [3.05, 3.63) is 23.9 Å². The number of nitrogens with zero attached hydrogens (tertiary/aromatic N) is 2. The van der Waals surface area contributed by atoms with Crippen LogP contribution in [0.4, 0.5) is 0 Å². The normalized spacial score (nSPS) is 30.3. The third-order valence-electron chi connectivity index (χ3n) is 5.25. The summed E-state index contributed by atoms with van der Waals surface area (Å²) in [5.74, 6) is 1.73. The Labute approximate surface area is 137 Å². The molecular weight excluding hydrogens is 294 g/mol. The van der Waals surface area contributed by atoms with Crippen molar-refractivity contribution in [1.82, 2.24) is 15.2 Å². The van der Waals surface area contributed by atoms with Crippen molar-refractivity contribution in [2.45, 2.75) is 37.3 Å². The van der Waals surface area contributed by atoms with Crippen LogP contribution in [0.5, 0.6) is 0 Å². The van der Waals surface area contributed by atoms with Crippen molar-refractivity contribution in [3.8, 4) is 0 Å². The van der Waals surface area contributed by atoms with Gasteiger partial charge in [0, 0.05) is 25.3 Å². The molecule has 0 saturated carbocycles. The van der Waals surface area contributed by atoms with Crippen LogP contribution in [0.15, 0.2) is 23.4 Å². The lowest BCUT2D eigenvalue weighted by Gasteiger charge is -2.50. The predicted octanol–water partition coefficient (Wildman–Crippen LogP) is 2.65. The van der Waals surface area contributed by atoms with Gasteiger partial charge in [-0.25, -0.2) is 4.98 Å². The van der Waals surface area contributed by atoms with Crippen LogP contribution >= 0.6 is 11.8 Å². The van der Waals surface area contributed by atoms with Crippen molar-refractivity contribution in [1.29, 1.82) is 0 Å². The first kappa shape index (κ1) is 15.8. The average Bonchev–Trinajstić information content (AvgIpc) is 2.59. The van der Waals surface area contributed by atoms with Gasteiger partial charge in [0.25, 0.3) is 5.91 Å². The fourth-order valence-electron chi connectivity index (χ4n) is 3.96. The SMILES string of the molecule is CC[C@H]1CN2CC[C@H]1C[C@@H]2CNC(=O)c1cccnc1SC. The van der Waals surface area contributed by atoms with Crippen LogP contribution < -0.4 is 5.32 Å². The van der Waals surface area contributed by atoms with E-state index >= 15 is 0 Å². The maximum absolute atomic E-state index is 12.4. The molecule has 3 aliphatic rings. The molecule has 0 spiro atoms. The summed E-state index contributed by atoms with van der Waals surface area (Å²) in [4.78, 5) is 19.3. The molecule has 1 N–H and O–H groups in total. The standard InChI is InChI=1S/C17H25N3OS/c1-3-12-11-20-8-6-13(12)9-14(20)10-19-16(21)15-5-4-7-18-17(15)22-2/h4-5,7,12-14H,3,6,8-11H2,1-2H3,(H,19,21)/t12-,13-,14+/m0/s1. The maximum atomic E-state index is 12.4. The Bertz CT molecular complexity index is 536. The molecule has 1 aromatic heterocycles. The summed E-state index contributed by atoms with van der Waals surface area (Å²) < 4.78 is 0.